The molecule has 0 amide bonds. The second-order valence-electron chi connectivity index (χ2n) is 5.86. The van der Waals surface area contributed by atoms with Gasteiger partial charge in [-0.25, -0.2) is 0 Å². The lowest BCUT2D eigenvalue weighted by Crippen LogP contribution is -2.29. The third-order valence-electron chi connectivity index (χ3n) is 3.08. The lowest BCUT2D eigenvalue weighted by atomic mass is 10.1. The highest BCUT2D eigenvalue weighted by atomic mass is 16.7. The van der Waals surface area contributed by atoms with Crippen LogP contribution < -0.4 is 10.4 Å². The van der Waals surface area contributed by atoms with E-state index in [9.17, 15) is 0 Å². The van der Waals surface area contributed by atoms with Gasteiger partial charge in [0.2, 0.25) is 0 Å². The van der Waals surface area contributed by atoms with Crippen LogP contribution in [0.5, 0.6) is 0 Å². The van der Waals surface area contributed by atoms with Gasteiger partial charge in [-0.15, -0.1) is 0 Å². The summed E-state index contributed by atoms with van der Waals surface area (Å²) < 4.78 is 0. The first kappa shape index (κ1) is 13.4. The highest BCUT2D eigenvalue weighted by molar-refractivity contribution is 5.54. The van der Waals surface area contributed by atoms with Gasteiger partial charge in [-0.1, -0.05) is 18.2 Å². The molecule has 0 atom stereocenters. The Hall–Kier alpha value is -1.06. The zero-order valence-corrected chi connectivity index (χ0v) is 11.7. The smallest absolute Gasteiger partial charge is 0.0813 e. The molecule has 1 aliphatic rings. The number of benzene rings is 1. The van der Waals surface area contributed by atoms with Crippen LogP contribution in [0.3, 0.4) is 0 Å². The monoisotopic (exact) mass is 248 g/mol. The molecule has 1 heterocycles. The molecule has 1 aromatic carbocycles. The van der Waals surface area contributed by atoms with Crippen LogP contribution in [0.2, 0.25) is 0 Å². The molecule has 1 N–H and O–H groups in total. The van der Waals surface area contributed by atoms with Gasteiger partial charge in [0.1, 0.15) is 0 Å². The summed E-state index contributed by atoms with van der Waals surface area (Å²) in [5, 5.41) is 0. The minimum atomic E-state index is -0.150. The Kier molecular flexibility index (Phi) is 4.25. The van der Waals surface area contributed by atoms with Gasteiger partial charge >= 0.3 is 0 Å². The molecule has 0 aliphatic carbocycles. The summed E-state index contributed by atoms with van der Waals surface area (Å²) in [6.45, 7) is 9.25. The third-order valence-corrected chi connectivity index (χ3v) is 3.08. The van der Waals surface area contributed by atoms with E-state index < -0.39 is 0 Å². The zero-order valence-electron chi connectivity index (χ0n) is 11.7. The van der Waals surface area contributed by atoms with Crippen molar-refractivity contribution in [2.75, 3.05) is 18.0 Å². The van der Waals surface area contributed by atoms with Gasteiger partial charge < -0.3 is 4.90 Å². The zero-order chi connectivity index (χ0) is 13.0. The van der Waals surface area contributed by atoms with Crippen LogP contribution in [0.1, 0.15) is 39.2 Å². The lowest BCUT2D eigenvalue weighted by molar-refractivity contribution is -0.0757. The number of hydrogen-bond acceptors (Lipinski definition) is 3. The van der Waals surface area contributed by atoms with E-state index in [4.69, 9.17) is 4.84 Å². The van der Waals surface area contributed by atoms with E-state index in [0.29, 0.717) is 0 Å². The van der Waals surface area contributed by atoms with Crippen molar-refractivity contribution in [3.05, 3.63) is 29.8 Å². The molecule has 1 fully saturated rings. The Morgan fingerprint density at radius 1 is 1.17 bits per heavy atom. The van der Waals surface area contributed by atoms with Crippen molar-refractivity contribution < 1.29 is 4.84 Å². The summed E-state index contributed by atoms with van der Waals surface area (Å²) in [7, 11) is 0. The molecule has 0 spiro atoms. The number of nitrogens with one attached hydrogen (secondary N) is 1. The number of nitrogens with zero attached hydrogens (tertiary/aromatic N) is 1. The number of hydroxylamine groups is 1. The van der Waals surface area contributed by atoms with E-state index in [1.165, 1.54) is 37.2 Å². The van der Waals surface area contributed by atoms with Crippen molar-refractivity contribution in [2.24, 2.45) is 0 Å². The molecule has 0 aromatic heterocycles. The molecule has 2 rings (SSSR count). The Bertz CT molecular complexity index is 378. The Morgan fingerprint density at radius 2 is 1.83 bits per heavy atom. The molecule has 3 heteroatoms. The maximum absolute atomic E-state index is 5.58. The van der Waals surface area contributed by atoms with Crippen LogP contribution in [0.15, 0.2) is 24.3 Å². The fourth-order valence-corrected chi connectivity index (χ4v) is 2.26. The van der Waals surface area contributed by atoms with E-state index in [-0.39, 0.29) is 5.60 Å². The fourth-order valence-electron chi connectivity index (χ4n) is 2.26. The van der Waals surface area contributed by atoms with Crippen molar-refractivity contribution in [3.63, 3.8) is 0 Å². The minimum Gasteiger partial charge on any atom is -0.371 e. The van der Waals surface area contributed by atoms with E-state index in [1.807, 2.05) is 20.8 Å². The van der Waals surface area contributed by atoms with Crippen molar-refractivity contribution >= 4 is 5.69 Å². The second-order valence-corrected chi connectivity index (χ2v) is 5.86. The summed E-state index contributed by atoms with van der Waals surface area (Å²) in [6, 6.07) is 8.58. The number of hydrogen-bond donors (Lipinski definition) is 1. The van der Waals surface area contributed by atoms with E-state index in [1.54, 1.807) is 0 Å². The molecule has 0 bridgehead atoms. The molecule has 1 saturated heterocycles. The third kappa shape index (κ3) is 3.72. The minimum absolute atomic E-state index is 0.150. The summed E-state index contributed by atoms with van der Waals surface area (Å²) in [5.74, 6) is 0. The van der Waals surface area contributed by atoms with Crippen LogP contribution in [0.4, 0.5) is 5.69 Å². The van der Waals surface area contributed by atoms with Gasteiger partial charge in [-0.05, 0) is 45.2 Å². The Labute approximate surface area is 110 Å². The first-order valence-corrected chi connectivity index (χ1v) is 6.80. The topological polar surface area (TPSA) is 24.5 Å². The molecular formula is C15H24N2O. The van der Waals surface area contributed by atoms with E-state index in [0.717, 1.165) is 6.54 Å². The van der Waals surface area contributed by atoms with E-state index >= 15 is 0 Å². The largest absolute Gasteiger partial charge is 0.371 e. The van der Waals surface area contributed by atoms with Crippen molar-refractivity contribution in [1.29, 1.82) is 0 Å². The van der Waals surface area contributed by atoms with Gasteiger partial charge in [-0.3, -0.25) is 4.84 Å². The average molecular weight is 248 g/mol. The highest BCUT2D eigenvalue weighted by Gasteiger charge is 2.16. The lowest BCUT2D eigenvalue weighted by Gasteiger charge is -2.23. The standard InChI is InChI=1S/C15H24N2O/c1-15(2,3)18-16-12-13-8-4-5-9-14(13)17-10-6-7-11-17/h4-5,8-9,16H,6-7,10-12H2,1-3H3. The molecule has 1 aromatic rings. The molecule has 1 aliphatic heterocycles. The first-order chi connectivity index (χ1) is 8.56. The van der Waals surface area contributed by atoms with Crippen LogP contribution in [-0.2, 0) is 11.4 Å². The molecule has 100 valence electrons. The molecule has 18 heavy (non-hydrogen) atoms. The normalized spacial score (nSPS) is 16.3. The number of para-hydroxylation sites is 1. The summed E-state index contributed by atoms with van der Waals surface area (Å²) in [5.41, 5.74) is 5.58. The van der Waals surface area contributed by atoms with Crippen LogP contribution in [0.25, 0.3) is 0 Å². The molecule has 0 saturated carbocycles. The second kappa shape index (κ2) is 5.72. The maximum atomic E-state index is 5.58. The van der Waals surface area contributed by atoms with Crippen LogP contribution in [-0.4, -0.2) is 18.7 Å². The average Bonchev–Trinajstić information content (AvgIpc) is 2.81. The molecule has 0 unspecified atom stereocenters. The highest BCUT2D eigenvalue weighted by Crippen LogP contribution is 2.24. The van der Waals surface area contributed by atoms with Gasteiger partial charge in [0, 0.05) is 25.3 Å². The summed E-state index contributed by atoms with van der Waals surface area (Å²) in [4.78, 5) is 8.05. The molecule has 0 radical (unpaired) electrons. The molecular weight excluding hydrogens is 224 g/mol. The van der Waals surface area contributed by atoms with Crippen molar-refractivity contribution in [1.82, 2.24) is 5.48 Å². The predicted molar refractivity (Wildman–Crippen MR) is 75.6 cm³/mol. The Morgan fingerprint density at radius 3 is 2.50 bits per heavy atom. The number of anilines is 1. The fraction of sp³-hybridized carbons (Fsp3) is 0.600. The molecule has 3 nitrogen and oxygen atoms in total. The number of rotatable bonds is 4. The quantitative estimate of drug-likeness (QED) is 0.829. The van der Waals surface area contributed by atoms with Gasteiger partial charge in [0.05, 0.1) is 5.60 Å². The van der Waals surface area contributed by atoms with Gasteiger partial charge in [0.25, 0.3) is 0 Å². The van der Waals surface area contributed by atoms with Crippen molar-refractivity contribution in [2.45, 2.75) is 45.8 Å². The summed E-state index contributed by atoms with van der Waals surface area (Å²) >= 11 is 0. The van der Waals surface area contributed by atoms with Crippen molar-refractivity contribution in [3.8, 4) is 0 Å². The SMILES string of the molecule is CC(C)(C)ONCc1ccccc1N1CCCC1. The summed E-state index contributed by atoms with van der Waals surface area (Å²) in [6.07, 6.45) is 2.61. The van der Waals surface area contributed by atoms with E-state index in [2.05, 4.69) is 34.6 Å². The predicted octanol–water partition coefficient (Wildman–Crippen LogP) is 3.11. The van der Waals surface area contributed by atoms with Crippen LogP contribution >= 0.6 is 0 Å². The Balaban J connectivity index is 1.99. The van der Waals surface area contributed by atoms with Crippen LogP contribution in [0, 0.1) is 0 Å². The van der Waals surface area contributed by atoms with Gasteiger partial charge in [-0.2, -0.15) is 5.48 Å². The maximum Gasteiger partial charge on any atom is 0.0813 e. The first-order valence-electron chi connectivity index (χ1n) is 6.80. The van der Waals surface area contributed by atoms with Gasteiger partial charge in [0.15, 0.2) is 0 Å².